The van der Waals surface area contributed by atoms with Crippen LogP contribution in [0.5, 0.6) is 23.0 Å². The molecular weight excluding hydrogens is 441 g/mol. The van der Waals surface area contributed by atoms with Crippen LogP contribution in [0, 0.1) is 0 Å². The molecule has 4 aromatic carbocycles. The van der Waals surface area contributed by atoms with Gasteiger partial charge in [0.15, 0.2) is 0 Å². The average Bonchev–Trinajstić information content (AvgIpc) is 2.82. The Balaban J connectivity index is 1.58. The monoisotopic (exact) mass is 464 g/mol. The molecule has 0 spiro atoms. The molecule has 0 aliphatic heterocycles. The number of rotatable bonds is 6. The molecule has 0 fully saturated rings. The molecular formula is C27H23F3N2O2. The van der Waals surface area contributed by atoms with Gasteiger partial charge < -0.3 is 20.9 Å². The number of nitrogens with two attached hydrogens (primary N) is 2. The van der Waals surface area contributed by atoms with Crippen LogP contribution in [0.3, 0.4) is 0 Å². The van der Waals surface area contributed by atoms with Gasteiger partial charge in [0.05, 0.1) is 0 Å². The van der Waals surface area contributed by atoms with Gasteiger partial charge in [-0.1, -0.05) is 24.3 Å². The molecule has 0 bridgehead atoms. The maximum atomic E-state index is 14.4. The normalized spacial score (nSPS) is 11.8. The molecule has 7 heteroatoms. The summed E-state index contributed by atoms with van der Waals surface area (Å²) in [6.45, 7) is 1.17. The third-order valence-corrected chi connectivity index (χ3v) is 5.66. The molecule has 0 unspecified atom stereocenters. The van der Waals surface area contributed by atoms with E-state index in [4.69, 9.17) is 20.9 Å². The smallest absolute Gasteiger partial charge is 0.402 e. The fourth-order valence-corrected chi connectivity index (χ4v) is 3.55. The first-order valence-electron chi connectivity index (χ1n) is 10.5. The standard InChI is InChI=1S/C27H23F3N2O2/c1-26(27(28,29)30,18-2-10-22(11-3-18)33-24-14-6-20(31)7-15-24)19-4-12-23(13-5-19)34-25-16-8-21(32)9-17-25/h2-17H,31-32H2,1H3. The van der Waals surface area contributed by atoms with E-state index in [-0.39, 0.29) is 11.1 Å². The van der Waals surface area contributed by atoms with Gasteiger partial charge in [-0.25, -0.2) is 0 Å². The summed E-state index contributed by atoms with van der Waals surface area (Å²) in [7, 11) is 0. The molecule has 0 aliphatic carbocycles. The Morgan fingerprint density at radius 1 is 0.500 bits per heavy atom. The van der Waals surface area contributed by atoms with Crippen molar-refractivity contribution in [1.82, 2.24) is 0 Å². The first-order valence-corrected chi connectivity index (χ1v) is 10.5. The third kappa shape index (κ3) is 4.78. The third-order valence-electron chi connectivity index (χ3n) is 5.66. The van der Waals surface area contributed by atoms with Crippen molar-refractivity contribution in [3.8, 4) is 23.0 Å². The molecule has 4 rings (SSSR count). The summed E-state index contributed by atoms with van der Waals surface area (Å²) in [6, 6.07) is 25.3. The Hall–Kier alpha value is -4.13. The first-order chi connectivity index (χ1) is 16.1. The average molecular weight is 464 g/mol. The minimum Gasteiger partial charge on any atom is -0.457 e. The fourth-order valence-electron chi connectivity index (χ4n) is 3.55. The Morgan fingerprint density at radius 3 is 1.03 bits per heavy atom. The number of nitrogen functional groups attached to an aromatic ring is 2. The lowest BCUT2D eigenvalue weighted by atomic mass is 9.75. The van der Waals surface area contributed by atoms with Crippen LogP contribution in [0.15, 0.2) is 97.1 Å². The second kappa shape index (κ2) is 9.02. The Kier molecular flexibility index (Phi) is 6.11. The molecule has 4 nitrogen and oxygen atoms in total. The van der Waals surface area contributed by atoms with Gasteiger partial charge in [-0.2, -0.15) is 13.2 Å². The lowest BCUT2D eigenvalue weighted by Crippen LogP contribution is -2.40. The highest BCUT2D eigenvalue weighted by atomic mass is 19.4. The molecule has 0 aliphatic rings. The molecule has 0 radical (unpaired) electrons. The summed E-state index contributed by atoms with van der Waals surface area (Å²) in [5, 5.41) is 0. The number of benzene rings is 4. The van der Waals surface area contributed by atoms with E-state index >= 15 is 0 Å². The minimum absolute atomic E-state index is 0.0943. The van der Waals surface area contributed by atoms with E-state index in [0.717, 1.165) is 0 Å². The van der Waals surface area contributed by atoms with Crippen molar-refractivity contribution >= 4 is 11.4 Å². The molecule has 0 saturated heterocycles. The van der Waals surface area contributed by atoms with E-state index < -0.39 is 11.6 Å². The summed E-state index contributed by atoms with van der Waals surface area (Å²) in [4.78, 5) is 0. The molecule has 0 heterocycles. The van der Waals surface area contributed by atoms with E-state index in [1.807, 2.05) is 0 Å². The van der Waals surface area contributed by atoms with Gasteiger partial charge in [0.2, 0.25) is 0 Å². The topological polar surface area (TPSA) is 70.5 Å². The predicted octanol–water partition coefficient (Wildman–Crippen LogP) is 7.30. The molecule has 34 heavy (non-hydrogen) atoms. The highest BCUT2D eigenvalue weighted by molar-refractivity contribution is 5.47. The van der Waals surface area contributed by atoms with Crippen LogP contribution in [0.2, 0.25) is 0 Å². The van der Waals surface area contributed by atoms with Crippen LogP contribution in [-0.4, -0.2) is 6.18 Å². The zero-order chi connectivity index (χ0) is 24.3. The predicted molar refractivity (Wildman–Crippen MR) is 127 cm³/mol. The van der Waals surface area contributed by atoms with Crippen molar-refractivity contribution in [3.05, 3.63) is 108 Å². The van der Waals surface area contributed by atoms with E-state index in [1.165, 1.54) is 55.5 Å². The number of alkyl halides is 3. The molecule has 0 amide bonds. The molecule has 0 saturated carbocycles. The maximum Gasteiger partial charge on any atom is 0.402 e. The SMILES string of the molecule is CC(c1ccc(Oc2ccc(N)cc2)cc1)(c1ccc(Oc2ccc(N)cc2)cc1)C(F)(F)F. The molecule has 4 N–H and O–H groups in total. The van der Waals surface area contributed by atoms with Crippen LogP contribution < -0.4 is 20.9 Å². The van der Waals surface area contributed by atoms with Crippen LogP contribution in [0.1, 0.15) is 18.1 Å². The number of hydrogen-bond acceptors (Lipinski definition) is 4. The van der Waals surface area contributed by atoms with E-state index in [0.29, 0.717) is 34.4 Å². The Bertz CT molecular complexity index is 1140. The summed E-state index contributed by atoms with van der Waals surface area (Å²) in [6.07, 6.45) is -4.54. The number of hydrogen-bond donors (Lipinski definition) is 2. The van der Waals surface area contributed by atoms with E-state index in [2.05, 4.69) is 0 Å². The molecule has 4 aromatic rings. The molecule has 0 atom stereocenters. The first kappa shape index (κ1) is 23.0. The lowest BCUT2D eigenvalue weighted by molar-refractivity contribution is -0.173. The minimum atomic E-state index is -4.54. The van der Waals surface area contributed by atoms with E-state index in [1.54, 1.807) is 48.5 Å². The van der Waals surface area contributed by atoms with Gasteiger partial charge in [-0.3, -0.25) is 0 Å². The van der Waals surface area contributed by atoms with E-state index in [9.17, 15) is 13.2 Å². The van der Waals surface area contributed by atoms with Crippen molar-refractivity contribution in [2.24, 2.45) is 0 Å². The van der Waals surface area contributed by atoms with Gasteiger partial charge in [-0.15, -0.1) is 0 Å². The van der Waals surface area contributed by atoms with Crippen molar-refractivity contribution < 1.29 is 22.6 Å². The quantitative estimate of drug-likeness (QED) is 0.294. The van der Waals surface area contributed by atoms with Gasteiger partial charge in [0, 0.05) is 11.4 Å². The van der Waals surface area contributed by atoms with Crippen molar-refractivity contribution in [2.75, 3.05) is 11.5 Å². The van der Waals surface area contributed by atoms with Crippen molar-refractivity contribution in [3.63, 3.8) is 0 Å². The summed E-state index contributed by atoms with van der Waals surface area (Å²) in [5.74, 6) is 1.92. The van der Waals surface area contributed by atoms with Crippen molar-refractivity contribution in [1.29, 1.82) is 0 Å². The number of halogens is 3. The largest absolute Gasteiger partial charge is 0.457 e. The van der Waals surface area contributed by atoms with Crippen LogP contribution >= 0.6 is 0 Å². The lowest BCUT2D eigenvalue weighted by Gasteiger charge is -2.33. The zero-order valence-corrected chi connectivity index (χ0v) is 18.3. The number of anilines is 2. The molecule has 0 aromatic heterocycles. The van der Waals surface area contributed by atoms with Gasteiger partial charge in [-0.05, 0) is 90.8 Å². The van der Waals surface area contributed by atoms with Crippen molar-refractivity contribution in [2.45, 2.75) is 18.5 Å². The fraction of sp³-hybridized carbons (Fsp3) is 0.111. The van der Waals surface area contributed by atoms with Gasteiger partial charge in [0.1, 0.15) is 28.4 Å². The van der Waals surface area contributed by atoms with Gasteiger partial charge in [0.25, 0.3) is 0 Å². The highest BCUT2D eigenvalue weighted by Gasteiger charge is 2.53. The zero-order valence-electron chi connectivity index (χ0n) is 18.3. The summed E-state index contributed by atoms with van der Waals surface area (Å²) in [5.41, 5.74) is 10.5. The maximum absolute atomic E-state index is 14.4. The van der Waals surface area contributed by atoms with Gasteiger partial charge >= 0.3 is 6.18 Å². The summed E-state index contributed by atoms with van der Waals surface area (Å²) < 4.78 is 54.5. The number of ether oxygens (including phenoxy) is 2. The Morgan fingerprint density at radius 2 is 0.765 bits per heavy atom. The van der Waals surface area contributed by atoms with Crippen LogP contribution in [-0.2, 0) is 5.41 Å². The molecule has 174 valence electrons. The Labute approximate surface area is 195 Å². The second-order valence-electron chi connectivity index (χ2n) is 8.01. The van der Waals surface area contributed by atoms with Crippen LogP contribution in [0.25, 0.3) is 0 Å². The highest BCUT2D eigenvalue weighted by Crippen LogP contribution is 2.47. The summed E-state index contributed by atoms with van der Waals surface area (Å²) >= 11 is 0. The second-order valence-corrected chi connectivity index (χ2v) is 8.01. The van der Waals surface area contributed by atoms with Crippen LogP contribution in [0.4, 0.5) is 24.5 Å².